The van der Waals surface area contributed by atoms with Gasteiger partial charge in [-0.05, 0) is 43.9 Å². The predicted molar refractivity (Wildman–Crippen MR) is 120 cm³/mol. The van der Waals surface area contributed by atoms with Crippen LogP contribution in [0.5, 0.6) is 5.75 Å². The number of nitrogens with zero attached hydrogens (tertiary/aromatic N) is 1. The van der Waals surface area contributed by atoms with Crippen LogP contribution in [0.25, 0.3) is 0 Å². The summed E-state index contributed by atoms with van der Waals surface area (Å²) in [5.74, 6) is 0.132. The Bertz CT molecular complexity index is 827. The molecule has 0 aliphatic carbocycles. The molecule has 0 amide bonds. The lowest BCUT2D eigenvalue weighted by atomic mass is 9.96. The third-order valence-electron chi connectivity index (χ3n) is 6.38. The Hall–Kier alpha value is -0.930. The maximum absolute atomic E-state index is 13.9. The first kappa shape index (κ1) is 23.2. The van der Waals surface area contributed by atoms with E-state index in [1.807, 2.05) is 0 Å². The molecule has 3 heterocycles. The van der Waals surface area contributed by atoms with Crippen molar-refractivity contribution in [3.05, 3.63) is 39.3 Å². The molecule has 3 aliphatic heterocycles. The van der Waals surface area contributed by atoms with Crippen LogP contribution in [0.2, 0.25) is 5.02 Å². The molecule has 0 aromatic heterocycles. The first-order chi connectivity index (χ1) is 14.8. The molecule has 172 valence electrons. The molecule has 3 unspecified atom stereocenters. The summed E-state index contributed by atoms with van der Waals surface area (Å²) in [5, 5.41) is 17.6. The predicted octanol–water partition coefficient (Wildman–Crippen LogP) is 4.48. The molecule has 1 aromatic carbocycles. The van der Waals surface area contributed by atoms with Crippen molar-refractivity contribution in [1.82, 2.24) is 15.5 Å². The Morgan fingerprint density at radius 3 is 2.84 bits per heavy atom. The van der Waals surface area contributed by atoms with E-state index in [-0.39, 0.29) is 45.8 Å². The number of piperidine rings is 1. The zero-order valence-corrected chi connectivity index (χ0v) is 19.0. The standard InChI is InChI=1S/C22H29ClF3N3OS/c1-2-29-10-12(3-14(24)11-29)9-27-21-8-18-20(31-21)7-15(28-18)6-16-17(22(25)26)4-13(23)5-19(16)30/h4-5,7,12,14-15,18,21-22,27-28,30H,2-3,6,8-11H2,1H3/t12-,14+,15?,18?,21?/m0/s1. The van der Waals surface area contributed by atoms with E-state index in [1.54, 1.807) is 11.8 Å². The SMILES string of the molecule is CCN1C[C@H](F)C[C@@H](CNC2CC3NC(Cc4c(O)cc(Cl)cc4C(F)F)C=C3S2)C1. The molecule has 2 saturated heterocycles. The summed E-state index contributed by atoms with van der Waals surface area (Å²) < 4.78 is 40.8. The smallest absolute Gasteiger partial charge is 0.264 e. The third-order valence-corrected chi connectivity index (χ3v) is 7.93. The summed E-state index contributed by atoms with van der Waals surface area (Å²) in [7, 11) is 0. The number of likely N-dealkylation sites (tertiary alicyclic amines) is 1. The van der Waals surface area contributed by atoms with Crippen LogP contribution in [0.3, 0.4) is 0 Å². The summed E-state index contributed by atoms with van der Waals surface area (Å²) in [4.78, 5) is 3.38. The number of hydrogen-bond donors (Lipinski definition) is 3. The fraction of sp³-hybridized carbons (Fsp3) is 0.636. The maximum atomic E-state index is 13.9. The molecule has 31 heavy (non-hydrogen) atoms. The second-order valence-corrected chi connectivity index (χ2v) is 10.4. The van der Waals surface area contributed by atoms with Crippen molar-refractivity contribution >= 4 is 23.4 Å². The lowest BCUT2D eigenvalue weighted by Gasteiger charge is -2.34. The molecule has 4 rings (SSSR count). The number of hydrogen-bond acceptors (Lipinski definition) is 5. The number of benzene rings is 1. The van der Waals surface area contributed by atoms with E-state index in [4.69, 9.17) is 11.6 Å². The number of thioether (sulfide) groups is 1. The van der Waals surface area contributed by atoms with Crippen molar-refractivity contribution < 1.29 is 18.3 Å². The molecule has 3 N–H and O–H groups in total. The van der Waals surface area contributed by atoms with Crippen molar-refractivity contribution in [2.45, 2.75) is 56.2 Å². The largest absolute Gasteiger partial charge is 0.508 e. The highest BCUT2D eigenvalue weighted by atomic mass is 35.5. The lowest BCUT2D eigenvalue weighted by molar-refractivity contribution is 0.0996. The minimum Gasteiger partial charge on any atom is -0.508 e. The number of fused-ring (bicyclic) bond motifs is 1. The minimum absolute atomic E-state index is 0.106. The molecular weight excluding hydrogens is 447 g/mol. The summed E-state index contributed by atoms with van der Waals surface area (Å²) in [5.41, 5.74) is 0.0289. The zero-order chi connectivity index (χ0) is 22.1. The van der Waals surface area contributed by atoms with Crippen molar-refractivity contribution in [2.75, 3.05) is 26.2 Å². The average molecular weight is 476 g/mol. The maximum Gasteiger partial charge on any atom is 0.264 e. The van der Waals surface area contributed by atoms with Gasteiger partial charge in [-0.2, -0.15) is 0 Å². The highest BCUT2D eigenvalue weighted by molar-refractivity contribution is 8.04. The number of rotatable bonds is 7. The molecular formula is C22H29ClF3N3OS. The summed E-state index contributed by atoms with van der Waals surface area (Å²) in [6.07, 6.45) is 0.438. The second kappa shape index (κ2) is 9.91. The van der Waals surface area contributed by atoms with Gasteiger partial charge in [0.15, 0.2) is 0 Å². The Balaban J connectivity index is 1.32. The van der Waals surface area contributed by atoms with Gasteiger partial charge in [0.2, 0.25) is 0 Å². The van der Waals surface area contributed by atoms with Gasteiger partial charge in [0.25, 0.3) is 6.43 Å². The normalized spacial score (nSPS) is 31.3. The second-order valence-electron chi connectivity index (χ2n) is 8.69. The fourth-order valence-electron chi connectivity index (χ4n) is 4.89. The third kappa shape index (κ3) is 5.53. The van der Waals surface area contributed by atoms with Gasteiger partial charge in [-0.15, -0.1) is 11.8 Å². The number of alkyl halides is 3. The first-order valence-electron chi connectivity index (χ1n) is 10.9. The van der Waals surface area contributed by atoms with E-state index < -0.39 is 12.6 Å². The fourth-order valence-corrected chi connectivity index (χ4v) is 6.48. The van der Waals surface area contributed by atoms with Crippen LogP contribution < -0.4 is 10.6 Å². The highest BCUT2D eigenvalue weighted by Gasteiger charge is 2.37. The number of nitrogens with one attached hydrogen (secondary N) is 2. The molecule has 0 bridgehead atoms. The Kier molecular flexibility index (Phi) is 7.43. The molecule has 9 heteroatoms. The quantitative estimate of drug-likeness (QED) is 0.542. The van der Waals surface area contributed by atoms with E-state index in [1.165, 1.54) is 17.0 Å². The van der Waals surface area contributed by atoms with Gasteiger partial charge in [-0.1, -0.05) is 24.6 Å². The van der Waals surface area contributed by atoms with Gasteiger partial charge < -0.3 is 20.6 Å². The zero-order valence-electron chi connectivity index (χ0n) is 17.5. The number of phenolic OH excluding ortho intramolecular Hbond substituents is 1. The topological polar surface area (TPSA) is 47.5 Å². The van der Waals surface area contributed by atoms with Crippen LogP contribution in [0.1, 0.15) is 37.3 Å². The molecule has 0 radical (unpaired) electrons. The molecule has 0 spiro atoms. The van der Waals surface area contributed by atoms with Crippen LogP contribution in [0.4, 0.5) is 13.2 Å². The van der Waals surface area contributed by atoms with Gasteiger partial charge in [0, 0.05) is 52.8 Å². The van der Waals surface area contributed by atoms with E-state index in [2.05, 4.69) is 28.5 Å². The van der Waals surface area contributed by atoms with Crippen molar-refractivity contribution in [3.63, 3.8) is 0 Å². The van der Waals surface area contributed by atoms with Crippen LogP contribution in [0.15, 0.2) is 23.1 Å². The summed E-state index contributed by atoms with van der Waals surface area (Å²) in [6, 6.07) is 2.62. The van der Waals surface area contributed by atoms with Crippen molar-refractivity contribution in [1.29, 1.82) is 0 Å². The number of aromatic hydroxyl groups is 1. The van der Waals surface area contributed by atoms with Crippen molar-refractivity contribution in [3.8, 4) is 5.75 Å². The molecule has 0 saturated carbocycles. The van der Waals surface area contributed by atoms with Crippen molar-refractivity contribution in [2.24, 2.45) is 5.92 Å². The Morgan fingerprint density at radius 2 is 2.13 bits per heavy atom. The summed E-state index contributed by atoms with van der Waals surface area (Å²) in [6.45, 7) is 5.23. The van der Waals surface area contributed by atoms with Crippen LogP contribution in [-0.4, -0.2) is 59.8 Å². The lowest BCUT2D eigenvalue weighted by Crippen LogP contribution is -2.45. The average Bonchev–Trinajstić information content (AvgIpc) is 3.25. The first-order valence-corrected chi connectivity index (χ1v) is 12.1. The Labute approximate surface area is 190 Å². The summed E-state index contributed by atoms with van der Waals surface area (Å²) >= 11 is 7.59. The van der Waals surface area contributed by atoms with Gasteiger partial charge >= 0.3 is 0 Å². The van der Waals surface area contributed by atoms with Gasteiger partial charge in [0.1, 0.15) is 11.9 Å². The molecule has 5 atom stereocenters. The Morgan fingerprint density at radius 1 is 1.32 bits per heavy atom. The monoisotopic (exact) mass is 475 g/mol. The van der Waals surface area contributed by atoms with Gasteiger partial charge in [-0.3, -0.25) is 0 Å². The van der Waals surface area contributed by atoms with E-state index in [0.29, 0.717) is 18.9 Å². The molecule has 1 aromatic rings. The van der Waals surface area contributed by atoms with Crippen LogP contribution in [0, 0.1) is 5.92 Å². The van der Waals surface area contributed by atoms with Crippen LogP contribution in [-0.2, 0) is 6.42 Å². The molecule has 2 fully saturated rings. The van der Waals surface area contributed by atoms with Gasteiger partial charge in [0.05, 0.1) is 5.37 Å². The van der Waals surface area contributed by atoms with E-state index in [9.17, 15) is 18.3 Å². The molecule has 3 aliphatic rings. The van der Waals surface area contributed by atoms with Crippen LogP contribution >= 0.6 is 23.4 Å². The molecule has 4 nitrogen and oxygen atoms in total. The number of phenols is 1. The van der Waals surface area contributed by atoms with E-state index >= 15 is 0 Å². The minimum atomic E-state index is -2.69. The highest BCUT2D eigenvalue weighted by Crippen LogP contribution is 2.41. The van der Waals surface area contributed by atoms with Gasteiger partial charge in [-0.25, -0.2) is 13.2 Å². The van der Waals surface area contributed by atoms with E-state index in [0.717, 1.165) is 26.1 Å². The number of halogens is 4.